The molecule has 0 saturated carbocycles. The molecule has 0 amide bonds. The topological polar surface area (TPSA) is 0 Å². The van der Waals surface area contributed by atoms with Gasteiger partial charge in [0.1, 0.15) is 0 Å². The summed E-state index contributed by atoms with van der Waals surface area (Å²) in [4.78, 5) is 0. The molecule has 0 radical (unpaired) electrons. The molecule has 0 aromatic carbocycles. The van der Waals surface area contributed by atoms with Crippen molar-refractivity contribution in [2.45, 2.75) is 78.6 Å². The molecule has 0 fully saturated rings. The molecule has 0 unspecified atom stereocenters. The van der Waals surface area contributed by atoms with Crippen LogP contribution in [0.25, 0.3) is 0 Å². The van der Waals surface area contributed by atoms with E-state index >= 15 is 0 Å². The summed E-state index contributed by atoms with van der Waals surface area (Å²) >= 11 is 25.1. The fourth-order valence-corrected chi connectivity index (χ4v) is 219. The summed E-state index contributed by atoms with van der Waals surface area (Å²) in [6, 6.07) is 0. The average Bonchev–Trinajstić information content (AvgIpc) is 2.85. The zero-order valence-electron chi connectivity index (χ0n) is 29.3. The van der Waals surface area contributed by atoms with Crippen molar-refractivity contribution in [3.63, 3.8) is 0 Å². The van der Waals surface area contributed by atoms with Crippen molar-refractivity contribution in [2.24, 2.45) is 0 Å². The Morgan fingerprint density at radius 1 is 0.524 bits per heavy atom. The van der Waals surface area contributed by atoms with Gasteiger partial charge >= 0.3 is 432 Å². The zero-order valence-corrected chi connectivity index (χ0v) is 79.6. The molecule has 0 bridgehead atoms. The third-order valence-corrected chi connectivity index (χ3v) is 218. The summed E-state index contributed by atoms with van der Waals surface area (Å²) in [7, 11) is 7.95. The van der Waals surface area contributed by atoms with Gasteiger partial charge in [0.25, 0.3) is 0 Å². The molecule has 0 heterocycles. The predicted molar refractivity (Wildman–Crippen MR) is 334 cm³/mol. The van der Waals surface area contributed by atoms with Crippen LogP contribution in [0.15, 0.2) is 0 Å². The number of rotatable bonds is 12. The van der Waals surface area contributed by atoms with Gasteiger partial charge in [0.05, 0.1) is 0 Å². The fourth-order valence-electron chi connectivity index (χ4n) is 1.43. The van der Waals surface area contributed by atoms with Crippen molar-refractivity contribution >= 4 is 354 Å². The molecular formula is C12H66I6Se8Si16. The molecule has 0 aromatic rings. The molecule has 0 saturated heterocycles. The van der Waals surface area contributed by atoms with E-state index in [1.807, 2.05) is 0 Å². The first-order chi connectivity index (χ1) is 19.3. The van der Waals surface area contributed by atoms with E-state index in [-0.39, 0.29) is 14.8 Å². The molecule has 0 nitrogen and oxygen atoms in total. The summed E-state index contributed by atoms with van der Waals surface area (Å²) in [5, 5.41) is 0. The third kappa shape index (κ3) is 150. The summed E-state index contributed by atoms with van der Waals surface area (Å²) in [5.41, 5.74) is 2.03. The summed E-state index contributed by atoms with van der Waals surface area (Å²) in [5.74, 6) is 0. The van der Waals surface area contributed by atoms with Gasteiger partial charge in [0.2, 0.25) is 0 Å². The zero-order chi connectivity index (χ0) is 35.5. The molecule has 30 heteroatoms. The van der Waals surface area contributed by atoms with Gasteiger partial charge in [-0.2, -0.15) is 0 Å². The second-order valence-corrected chi connectivity index (χ2v) is 215. The van der Waals surface area contributed by atoms with Crippen molar-refractivity contribution in [2.75, 3.05) is 0 Å². The van der Waals surface area contributed by atoms with Gasteiger partial charge in [-0.15, -0.1) is 0 Å². The second kappa shape index (κ2) is 67.7. The first-order valence-electron chi connectivity index (χ1n) is 13.4. The molecule has 0 N–H and O–H groups in total. The van der Waals surface area contributed by atoms with E-state index in [0.29, 0.717) is 55.0 Å². The van der Waals surface area contributed by atoms with Crippen LogP contribution in [0.5, 0.6) is 0 Å². The number of hydrogen-bond acceptors (Lipinski definition) is 0. The van der Waals surface area contributed by atoms with E-state index < -0.39 is 8.35 Å². The van der Waals surface area contributed by atoms with Crippen LogP contribution >= 0.6 is 131 Å². The first kappa shape index (κ1) is 71.7. The van der Waals surface area contributed by atoms with Gasteiger partial charge in [-0.1, -0.05) is 0 Å². The summed E-state index contributed by atoms with van der Waals surface area (Å²) < 4.78 is -1.41. The summed E-state index contributed by atoms with van der Waals surface area (Å²) in [6.45, 7) is 29.4. The molecular weight excluding hydrogens is 1990 g/mol. The van der Waals surface area contributed by atoms with Gasteiger partial charge in [-0.05, 0) is 0 Å². The van der Waals surface area contributed by atoms with Gasteiger partial charge in [-0.3, -0.25) is 0 Å². The van der Waals surface area contributed by atoms with Crippen LogP contribution in [-0.2, 0) is 0 Å². The van der Waals surface area contributed by atoms with Crippen LogP contribution in [0.2, 0.25) is 78.6 Å². The molecule has 0 rings (SSSR count). The van der Waals surface area contributed by atoms with E-state index in [4.69, 9.17) is 0 Å². The molecule has 0 spiro atoms. The van der Waals surface area contributed by atoms with Crippen LogP contribution in [0.1, 0.15) is 0 Å². The Bertz CT molecular complexity index is 357. The Morgan fingerprint density at radius 2 is 0.786 bits per heavy atom. The average molecular weight is 2050 g/mol. The van der Waals surface area contributed by atoms with Crippen LogP contribution in [0, 0.1) is 0 Å². The van der Waals surface area contributed by atoms with E-state index in [9.17, 15) is 0 Å². The second-order valence-electron chi connectivity index (χ2n) is 8.25. The van der Waals surface area contributed by atoms with Crippen molar-refractivity contribution in [3.8, 4) is 0 Å². The Balaban J connectivity index is -0.0000000537. The summed E-state index contributed by atoms with van der Waals surface area (Å²) in [6.07, 6.45) is 0. The third-order valence-electron chi connectivity index (χ3n) is 2.27. The Hall–Kier alpha value is 12.0. The molecule has 268 valence electrons. The molecule has 0 aliphatic rings. The number of hydrogen-bond donors (Lipinski definition) is 0. The monoisotopic (exact) mass is 2060 g/mol. The molecule has 0 atom stereocenters. The SMILES string of the molecule is C[SiH2][Se][SiH2]C.C[SiH2][Se][SiH2]I.C[SiH2][Se][SiH3].C[SiH](C)[Se][SiH](C)C.C[Si](C)(I)[Se][Si](C)(C)I.I[SiH2][Se][SiH2]I.[SiH3][Se][SiH2]I.[SiH3][Se][SiH3]. The van der Waals surface area contributed by atoms with Crippen molar-refractivity contribution < 1.29 is 0 Å². The van der Waals surface area contributed by atoms with Gasteiger partial charge in [0, 0.05) is 0 Å². The molecule has 0 aromatic heterocycles. The Morgan fingerprint density at radius 3 is 0.786 bits per heavy atom. The minimum absolute atomic E-state index is 0.104. The van der Waals surface area contributed by atoms with Crippen LogP contribution in [-0.4, -0.2) is 223 Å². The van der Waals surface area contributed by atoms with Gasteiger partial charge < -0.3 is 0 Å². The van der Waals surface area contributed by atoms with Crippen molar-refractivity contribution in [3.05, 3.63) is 0 Å². The van der Waals surface area contributed by atoms with Crippen molar-refractivity contribution in [1.29, 1.82) is 0 Å². The fraction of sp³-hybridized carbons (Fsp3) is 1.00. The quantitative estimate of drug-likeness (QED) is 0.105. The van der Waals surface area contributed by atoms with E-state index in [0.717, 1.165) is 41.0 Å². The maximum atomic E-state index is 2.70. The molecule has 42 heavy (non-hydrogen) atoms. The Kier molecular flexibility index (Phi) is 116. The maximum absolute atomic E-state index is 2.70. The van der Waals surface area contributed by atoms with Gasteiger partial charge in [-0.25, -0.2) is 0 Å². The van der Waals surface area contributed by atoms with E-state index in [2.05, 4.69) is 209 Å². The normalized spacial score (nSPS) is 12.3. The standard InChI is InChI=1S/C4H12I2SeSi2.C4H14SeSi2.C2H10SeSi2.CH7ISeSi2.CH8SeSi2.H4I2SeSi2.H5ISeSi2.H6SeSi2/c1-8(2,5)7-9(3,4)6;1-6(2)5-7(3)4;2*1-4-3-5-2;1-4-2-3;1-4-3-5-2;1-4-2-3;2-1-3/h1-4H3;6-7H,1-4H3;4-5H2,1-2H3;4-5H2,1H3;4H2,1,3H3;4-5H2;4H2,3H3;2-3H3. The van der Waals surface area contributed by atoms with E-state index in [1.165, 1.54) is 104 Å². The molecule has 0 aliphatic carbocycles. The van der Waals surface area contributed by atoms with Gasteiger partial charge in [0.15, 0.2) is 0 Å². The van der Waals surface area contributed by atoms with Crippen LogP contribution < -0.4 is 0 Å². The number of halogens is 6. The predicted octanol–water partition coefficient (Wildman–Crippen LogP) is -4.85. The first-order valence-corrected chi connectivity index (χ1v) is 126. The van der Waals surface area contributed by atoms with Crippen LogP contribution in [0.4, 0.5) is 0 Å². The van der Waals surface area contributed by atoms with Crippen molar-refractivity contribution in [1.82, 2.24) is 0 Å². The van der Waals surface area contributed by atoms with Crippen LogP contribution in [0.3, 0.4) is 0 Å². The molecule has 0 aliphatic heterocycles. The minimum atomic E-state index is -0.706. The van der Waals surface area contributed by atoms with E-state index in [1.54, 1.807) is 0 Å². The Labute approximate surface area is 421 Å².